The molecule has 1 aromatic rings. The maximum absolute atomic E-state index is 11.4. The molecule has 0 aliphatic heterocycles. The minimum absolute atomic E-state index is 0.0401. The van der Waals surface area contributed by atoms with Crippen LogP contribution in [-0.2, 0) is 16.3 Å². The van der Waals surface area contributed by atoms with E-state index in [-0.39, 0.29) is 24.2 Å². The van der Waals surface area contributed by atoms with Crippen LogP contribution in [0.4, 0.5) is 0 Å². The van der Waals surface area contributed by atoms with Gasteiger partial charge >= 0.3 is 0 Å². The fourth-order valence-electron chi connectivity index (χ4n) is 1.66. The van der Waals surface area contributed by atoms with Gasteiger partial charge in [0.1, 0.15) is 12.4 Å². The first-order valence-corrected chi connectivity index (χ1v) is 9.36. The smallest absolute Gasteiger partial charge is 0.153 e. The Kier molecular flexibility index (Phi) is 6.99. The highest BCUT2D eigenvalue weighted by Gasteiger charge is 2.09. The molecule has 0 radical (unpaired) electrons. The predicted octanol–water partition coefficient (Wildman–Crippen LogP) is 2.54. The van der Waals surface area contributed by atoms with E-state index < -0.39 is 9.84 Å². The quantitative estimate of drug-likeness (QED) is 0.770. The molecule has 6 heteroatoms. The van der Waals surface area contributed by atoms with Crippen molar-refractivity contribution in [2.75, 3.05) is 18.1 Å². The van der Waals surface area contributed by atoms with Crippen LogP contribution in [0.2, 0.25) is 0 Å². The first kappa shape index (κ1) is 17.5. The SMILES string of the molecule is CCC(N)Cc1ccc(OCCS(=O)(=O)CC)c(Br)c1. The van der Waals surface area contributed by atoms with Gasteiger partial charge in [0.15, 0.2) is 9.84 Å². The van der Waals surface area contributed by atoms with Gasteiger partial charge in [-0.1, -0.05) is 19.9 Å². The van der Waals surface area contributed by atoms with E-state index in [4.69, 9.17) is 10.5 Å². The summed E-state index contributed by atoms with van der Waals surface area (Å²) >= 11 is 3.44. The summed E-state index contributed by atoms with van der Waals surface area (Å²) in [6, 6.07) is 5.94. The minimum Gasteiger partial charge on any atom is -0.491 e. The van der Waals surface area contributed by atoms with Crippen LogP contribution >= 0.6 is 15.9 Å². The van der Waals surface area contributed by atoms with Gasteiger partial charge in [0.25, 0.3) is 0 Å². The Labute approximate surface area is 129 Å². The third-order valence-electron chi connectivity index (χ3n) is 3.11. The number of nitrogens with two attached hydrogens (primary N) is 1. The van der Waals surface area contributed by atoms with E-state index in [0.29, 0.717) is 5.75 Å². The van der Waals surface area contributed by atoms with Crippen LogP contribution in [0.3, 0.4) is 0 Å². The van der Waals surface area contributed by atoms with Crippen LogP contribution in [0.15, 0.2) is 22.7 Å². The van der Waals surface area contributed by atoms with Gasteiger partial charge in [-0.3, -0.25) is 0 Å². The Balaban J connectivity index is 2.60. The molecule has 0 spiro atoms. The molecule has 0 saturated carbocycles. The lowest BCUT2D eigenvalue weighted by Gasteiger charge is -2.12. The molecule has 0 amide bonds. The number of sulfone groups is 1. The van der Waals surface area contributed by atoms with Crippen LogP contribution in [0.5, 0.6) is 5.75 Å². The molecule has 4 nitrogen and oxygen atoms in total. The summed E-state index contributed by atoms with van der Waals surface area (Å²) in [6.45, 7) is 3.87. The Morgan fingerprint density at radius 2 is 2.05 bits per heavy atom. The van der Waals surface area contributed by atoms with Gasteiger partial charge in [0, 0.05) is 11.8 Å². The second-order valence-electron chi connectivity index (χ2n) is 4.72. The standard InChI is InChI=1S/C14H22BrNO3S/c1-3-12(16)9-11-5-6-14(13(15)10-11)19-7-8-20(17,18)4-2/h5-6,10,12H,3-4,7-9,16H2,1-2H3. The number of hydrogen-bond acceptors (Lipinski definition) is 4. The molecule has 2 N–H and O–H groups in total. The first-order valence-electron chi connectivity index (χ1n) is 6.75. The zero-order chi connectivity index (χ0) is 15.2. The normalized spacial score (nSPS) is 13.2. The van der Waals surface area contributed by atoms with Crippen molar-refractivity contribution >= 4 is 25.8 Å². The van der Waals surface area contributed by atoms with E-state index in [2.05, 4.69) is 22.9 Å². The molecule has 1 aromatic carbocycles. The Morgan fingerprint density at radius 3 is 2.60 bits per heavy atom. The molecule has 0 aromatic heterocycles. The molecule has 20 heavy (non-hydrogen) atoms. The molecule has 1 rings (SSSR count). The summed E-state index contributed by atoms with van der Waals surface area (Å²) in [6.07, 6.45) is 1.75. The van der Waals surface area contributed by atoms with Crippen molar-refractivity contribution in [3.63, 3.8) is 0 Å². The average Bonchev–Trinajstić information content (AvgIpc) is 2.41. The van der Waals surface area contributed by atoms with Gasteiger partial charge in [0.05, 0.1) is 10.2 Å². The van der Waals surface area contributed by atoms with Crippen molar-refractivity contribution in [2.45, 2.75) is 32.7 Å². The molecule has 0 aliphatic rings. The van der Waals surface area contributed by atoms with Crippen molar-refractivity contribution < 1.29 is 13.2 Å². The topological polar surface area (TPSA) is 69.4 Å². The molecule has 1 atom stereocenters. The fourth-order valence-corrected chi connectivity index (χ4v) is 2.82. The highest BCUT2D eigenvalue weighted by Crippen LogP contribution is 2.26. The number of ether oxygens (including phenoxy) is 1. The van der Waals surface area contributed by atoms with Gasteiger partial charge in [-0.15, -0.1) is 0 Å². The highest BCUT2D eigenvalue weighted by molar-refractivity contribution is 9.10. The van der Waals surface area contributed by atoms with Crippen LogP contribution in [0, 0.1) is 0 Å². The molecule has 114 valence electrons. The van der Waals surface area contributed by atoms with E-state index in [1.54, 1.807) is 6.92 Å². The Hall–Kier alpha value is -0.590. The molecular weight excluding hydrogens is 342 g/mol. The summed E-state index contributed by atoms with van der Waals surface area (Å²) in [5.41, 5.74) is 7.06. The zero-order valence-electron chi connectivity index (χ0n) is 11.9. The van der Waals surface area contributed by atoms with Crippen molar-refractivity contribution in [1.29, 1.82) is 0 Å². The second-order valence-corrected chi connectivity index (χ2v) is 8.05. The van der Waals surface area contributed by atoms with Crippen molar-refractivity contribution in [1.82, 2.24) is 0 Å². The second kappa shape index (κ2) is 8.00. The highest BCUT2D eigenvalue weighted by atomic mass is 79.9. The predicted molar refractivity (Wildman–Crippen MR) is 85.9 cm³/mol. The van der Waals surface area contributed by atoms with Crippen molar-refractivity contribution in [3.8, 4) is 5.75 Å². The van der Waals surface area contributed by atoms with Crippen LogP contribution < -0.4 is 10.5 Å². The van der Waals surface area contributed by atoms with Gasteiger partial charge in [-0.05, 0) is 46.5 Å². The molecule has 0 saturated heterocycles. The van der Waals surface area contributed by atoms with E-state index >= 15 is 0 Å². The minimum atomic E-state index is -2.99. The maximum atomic E-state index is 11.4. The maximum Gasteiger partial charge on any atom is 0.153 e. The summed E-state index contributed by atoms with van der Waals surface area (Å²) < 4.78 is 29.1. The van der Waals surface area contributed by atoms with Crippen molar-refractivity contribution in [3.05, 3.63) is 28.2 Å². The molecule has 0 heterocycles. The van der Waals surface area contributed by atoms with E-state index in [0.717, 1.165) is 22.9 Å². The number of hydrogen-bond donors (Lipinski definition) is 1. The van der Waals surface area contributed by atoms with E-state index in [1.165, 1.54) is 0 Å². The lowest BCUT2D eigenvalue weighted by molar-refractivity contribution is 0.338. The summed E-state index contributed by atoms with van der Waals surface area (Å²) in [4.78, 5) is 0. The fraction of sp³-hybridized carbons (Fsp3) is 0.571. The van der Waals surface area contributed by atoms with E-state index in [9.17, 15) is 8.42 Å². The lowest BCUT2D eigenvalue weighted by atomic mass is 10.0. The lowest BCUT2D eigenvalue weighted by Crippen LogP contribution is -2.21. The Bertz CT molecular complexity index is 531. The first-order chi connectivity index (χ1) is 9.38. The number of rotatable bonds is 8. The van der Waals surface area contributed by atoms with Gasteiger partial charge < -0.3 is 10.5 Å². The average molecular weight is 364 g/mol. The molecule has 0 bridgehead atoms. The molecule has 0 aliphatic carbocycles. The van der Waals surface area contributed by atoms with Gasteiger partial charge in [-0.2, -0.15) is 0 Å². The van der Waals surface area contributed by atoms with Crippen LogP contribution in [0.1, 0.15) is 25.8 Å². The van der Waals surface area contributed by atoms with Crippen LogP contribution in [-0.4, -0.2) is 32.6 Å². The van der Waals surface area contributed by atoms with Crippen LogP contribution in [0.25, 0.3) is 0 Å². The summed E-state index contributed by atoms with van der Waals surface area (Å²) in [5, 5.41) is 0. The molecule has 1 unspecified atom stereocenters. The molecular formula is C14H22BrNO3S. The van der Waals surface area contributed by atoms with Gasteiger partial charge in [-0.25, -0.2) is 8.42 Å². The third-order valence-corrected chi connectivity index (χ3v) is 5.40. The number of halogens is 1. The summed E-state index contributed by atoms with van der Waals surface area (Å²) in [5.74, 6) is 0.842. The van der Waals surface area contributed by atoms with E-state index in [1.807, 2.05) is 18.2 Å². The summed E-state index contributed by atoms with van der Waals surface area (Å²) in [7, 11) is -2.99. The molecule has 0 fully saturated rings. The Morgan fingerprint density at radius 1 is 1.35 bits per heavy atom. The monoisotopic (exact) mass is 363 g/mol. The van der Waals surface area contributed by atoms with Gasteiger partial charge in [0.2, 0.25) is 0 Å². The zero-order valence-corrected chi connectivity index (χ0v) is 14.3. The third kappa shape index (κ3) is 5.81. The number of benzene rings is 1. The van der Waals surface area contributed by atoms with Crippen molar-refractivity contribution in [2.24, 2.45) is 5.73 Å². The largest absolute Gasteiger partial charge is 0.491 e.